The summed E-state index contributed by atoms with van der Waals surface area (Å²) >= 11 is 0. The number of hydrogen-bond acceptors (Lipinski definition) is 3. The summed E-state index contributed by atoms with van der Waals surface area (Å²) < 4.78 is 4.96. The lowest BCUT2D eigenvalue weighted by atomic mass is 10.2. The van der Waals surface area contributed by atoms with Crippen LogP contribution < -0.4 is 5.73 Å². The van der Waals surface area contributed by atoms with Crippen molar-refractivity contribution in [3.05, 3.63) is 24.2 Å². The summed E-state index contributed by atoms with van der Waals surface area (Å²) in [5.74, 6) is -0.651. The molecule has 0 fully saturated rings. The number of primary amides is 1. The second-order valence-corrected chi connectivity index (χ2v) is 3.47. The highest BCUT2D eigenvalue weighted by Crippen LogP contribution is 2.08. The van der Waals surface area contributed by atoms with Crippen molar-refractivity contribution in [1.29, 1.82) is 0 Å². The van der Waals surface area contributed by atoms with Gasteiger partial charge in [-0.15, -0.1) is 0 Å². The molecule has 0 radical (unpaired) electrons. The fraction of sp³-hybridized carbons (Fsp3) is 0.400. The van der Waals surface area contributed by atoms with E-state index >= 15 is 0 Å². The first-order valence-corrected chi connectivity index (χ1v) is 4.65. The molecule has 0 aromatic carbocycles. The number of rotatable bonds is 4. The molecule has 82 valence electrons. The van der Waals surface area contributed by atoms with Crippen LogP contribution in [0.1, 0.15) is 24.4 Å². The van der Waals surface area contributed by atoms with E-state index < -0.39 is 5.91 Å². The average molecular weight is 210 g/mol. The lowest BCUT2D eigenvalue weighted by Crippen LogP contribution is -2.42. The number of hydrogen-bond donors (Lipinski definition) is 1. The van der Waals surface area contributed by atoms with Gasteiger partial charge < -0.3 is 15.1 Å². The molecule has 5 heteroatoms. The lowest BCUT2D eigenvalue weighted by Gasteiger charge is -2.24. The lowest BCUT2D eigenvalue weighted by molar-refractivity contribution is -0.119. The van der Waals surface area contributed by atoms with Gasteiger partial charge in [-0.05, 0) is 26.0 Å². The SMILES string of the molecule is CC(C)N(CC(N)=O)C(=O)c1ccco1. The van der Waals surface area contributed by atoms with Crippen LogP contribution in [-0.2, 0) is 4.79 Å². The molecule has 0 aliphatic carbocycles. The zero-order valence-corrected chi connectivity index (χ0v) is 8.77. The van der Waals surface area contributed by atoms with Gasteiger partial charge >= 0.3 is 0 Å². The highest BCUT2D eigenvalue weighted by molar-refractivity contribution is 5.94. The van der Waals surface area contributed by atoms with Crippen LogP contribution in [-0.4, -0.2) is 29.3 Å². The van der Waals surface area contributed by atoms with Crippen LogP contribution >= 0.6 is 0 Å². The molecule has 0 spiro atoms. The molecule has 2 N–H and O–H groups in total. The van der Waals surface area contributed by atoms with Gasteiger partial charge in [-0.3, -0.25) is 9.59 Å². The molecule has 0 saturated heterocycles. The molecule has 1 heterocycles. The molecule has 0 aliphatic heterocycles. The highest BCUT2D eigenvalue weighted by atomic mass is 16.3. The van der Waals surface area contributed by atoms with Gasteiger partial charge in [0.2, 0.25) is 5.91 Å². The zero-order chi connectivity index (χ0) is 11.4. The Morgan fingerprint density at radius 1 is 1.53 bits per heavy atom. The summed E-state index contributed by atoms with van der Waals surface area (Å²) in [7, 11) is 0. The van der Waals surface area contributed by atoms with Gasteiger partial charge in [0.25, 0.3) is 5.91 Å². The Morgan fingerprint density at radius 2 is 2.20 bits per heavy atom. The Hall–Kier alpha value is -1.78. The van der Waals surface area contributed by atoms with E-state index in [2.05, 4.69) is 0 Å². The Labute approximate surface area is 87.8 Å². The largest absolute Gasteiger partial charge is 0.459 e. The summed E-state index contributed by atoms with van der Waals surface area (Å²) in [4.78, 5) is 24.0. The van der Waals surface area contributed by atoms with Crippen LogP contribution in [0, 0.1) is 0 Å². The minimum Gasteiger partial charge on any atom is -0.459 e. The number of nitrogens with zero attached hydrogens (tertiary/aromatic N) is 1. The molecule has 0 saturated carbocycles. The van der Waals surface area contributed by atoms with Crippen LogP contribution in [0.5, 0.6) is 0 Å². The minimum absolute atomic E-state index is 0.100. The molecule has 1 rings (SSSR count). The average Bonchev–Trinajstić information content (AvgIpc) is 2.65. The Kier molecular flexibility index (Phi) is 3.49. The fourth-order valence-corrected chi connectivity index (χ4v) is 1.20. The van der Waals surface area contributed by atoms with Crippen molar-refractivity contribution in [2.24, 2.45) is 5.73 Å². The van der Waals surface area contributed by atoms with Gasteiger partial charge in [0.05, 0.1) is 12.8 Å². The van der Waals surface area contributed by atoms with Gasteiger partial charge in [-0.2, -0.15) is 0 Å². The third-order valence-corrected chi connectivity index (χ3v) is 1.94. The molecule has 1 aromatic rings. The summed E-state index contributed by atoms with van der Waals surface area (Å²) in [5, 5.41) is 0. The molecular formula is C10H14N2O3. The normalized spacial score (nSPS) is 10.3. The van der Waals surface area contributed by atoms with E-state index in [1.54, 1.807) is 12.1 Å². The van der Waals surface area contributed by atoms with Crippen molar-refractivity contribution in [3.63, 3.8) is 0 Å². The van der Waals surface area contributed by atoms with E-state index in [1.807, 2.05) is 13.8 Å². The van der Waals surface area contributed by atoms with Crippen LogP contribution in [0.2, 0.25) is 0 Å². The van der Waals surface area contributed by atoms with E-state index in [1.165, 1.54) is 11.2 Å². The third kappa shape index (κ3) is 2.83. The van der Waals surface area contributed by atoms with Crippen molar-refractivity contribution < 1.29 is 14.0 Å². The van der Waals surface area contributed by atoms with E-state index in [0.717, 1.165) is 0 Å². The molecule has 5 nitrogen and oxygen atoms in total. The van der Waals surface area contributed by atoms with E-state index in [-0.39, 0.29) is 24.3 Å². The van der Waals surface area contributed by atoms with Gasteiger partial charge in [0.15, 0.2) is 5.76 Å². The summed E-state index contributed by atoms with van der Waals surface area (Å²) in [6.07, 6.45) is 1.41. The Bertz CT molecular complexity index is 344. The van der Waals surface area contributed by atoms with Crippen molar-refractivity contribution in [2.45, 2.75) is 19.9 Å². The van der Waals surface area contributed by atoms with Crippen molar-refractivity contribution >= 4 is 11.8 Å². The number of carbonyl (C=O) groups excluding carboxylic acids is 2. The standard InChI is InChI=1S/C10H14N2O3/c1-7(2)12(6-9(11)13)10(14)8-4-3-5-15-8/h3-5,7H,6H2,1-2H3,(H2,11,13). The molecule has 0 bridgehead atoms. The highest BCUT2D eigenvalue weighted by Gasteiger charge is 2.22. The summed E-state index contributed by atoms with van der Waals surface area (Å²) in [6, 6.07) is 3.07. The topological polar surface area (TPSA) is 76.5 Å². The number of carbonyl (C=O) groups is 2. The maximum atomic E-state index is 11.8. The minimum atomic E-state index is -0.538. The maximum absolute atomic E-state index is 11.8. The molecule has 0 unspecified atom stereocenters. The van der Waals surface area contributed by atoms with Gasteiger partial charge in [0.1, 0.15) is 0 Å². The smallest absolute Gasteiger partial charge is 0.290 e. The van der Waals surface area contributed by atoms with E-state index in [4.69, 9.17) is 10.2 Å². The van der Waals surface area contributed by atoms with E-state index in [0.29, 0.717) is 0 Å². The van der Waals surface area contributed by atoms with Crippen molar-refractivity contribution in [2.75, 3.05) is 6.54 Å². The fourth-order valence-electron chi connectivity index (χ4n) is 1.20. The molecule has 15 heavy (non-hydrogen) atoms. The van der Waals surface area contributed by atoms with Crippen LogP contribution in [0.4, 0.5) is 0 Å². The van der Waals surface area contributed by atoms with Crippen molar-refractivity contribution in [3.8, 4) is 0 Å². The third-order valence-electron chi connectivity index (χ3n) is 1.94. The van der Waals surface area contributed by atoms with Crippen LogP contribution in [0.3, 0.4) is 0 Å². The van der Waals surface area contributed by atoms with Crippen LogP contribution in [0.25, 0.3) is 0 Å². The van der Waals surface area contributed by atoms with Gasteiger partial charge in [-0.1, -0.05) is 0 Å². The second-order valence-electron chi connectivity index (χ2n) is 3.47. The van der Waals surface area contributed by atoms with Crippen molar-refractivity contribution in [1.82, 2.24) is 4.90 Å². The molecule has 0 atom stereocenters. The van der Waals surface area contributed by atoms with E-state index in [9.17, 15) is 9.59 Å². The first-order chi connectivity index (χ1) is 7.02. The first-order valence-electron chi connectivity index (χ1n) is 4.65. The second kappa shape index (κ2) is 4.63. The Morgan fingerprint density at radius 3 is 2.60 bits per heavy atom. The Balaban J connectivity index is 2.81. The first kappa shape index (κ1) is 11.3. The predicted octanol–water partition coefficient (Wildman–Crippen LogP) is 0.615. The quantitative estimate of drug-likeness (QED) is 0.791. The number of furan rings is 1. The number of nitrogens with two attached hydrogens (primary N) is 1. The molecule has 0 aliphatic rings. The predicted molar refractivity (Wildman–Crippen MR) is 54.1 cm³/mol. The number of amides is 2. The maximum Gasteiger partial charge on any atom is 0.290 e. The monoisotopic (exact) mass is 210 g/mol. The summed E-state index contributed by atoms with van der Waals surface area (Å²) in [6.45, 7) is 3.52. The van der Waals surface area contributed by atoms with Gasteiger partial charge in [0, 0.05) is 6.04 Å². The van der Waals surface area contributed by atoms with Crippen LogP contribution in [0.15, 0.2) is 22.8 Å². The molecule has 1 aromatic heterocycles. The molecule has 2 amide bonds. The zero-order valence-electron chi connectivity index (χ0n) is 8.77. The molecular weight excluding hydrogens is 196 g/mol. The van der Waals surface area contributed by atoms with Gasteiger partial charge in [-0.25, -0.2) is 0 Å². The summed E-state index contributed by atoms with van der Waals surface area (Å²) in [5.41, 5.74) is 5.06.